The minimum Gasteiger partial charge on any atom is -0.354 e. The standard InChI is InChI=1S/C25H25N5O/c26-13-16-5-7-30(8-6-16)15-18-2-4-22-20(9-18)12-24(28-22)21-11-19-3-1-17(14-27)10-23(19)29-25(21)31/h1-4,9-12,16,28H,5-8,13,15,26H2,(H,29,31). The molecule has 0 aliphatic carbocycles. The Labute approximate surface area is 180 Å². The van der Waals surface area contributed by atoms with Crippen LogP contribution in [0.1, 0.15) is 24.0 Å². The summed E-state index contributed by atoms with van der Waals surface area (Å²) in [6, 6.07) is 17.8. The zero-order chi connectivity index (χ0) is 21.4. The second-order valence-electron chi connectivity index (χ2n) is 8.49. The van der Waals surface area contributed by atoms with Gasteiger partial charge in [-0.1, -0.05) is 12.1 Å². The van der Waals surface area contributed by atoms with Crippen molar-refractivity contribution in [3.8, 4) is 17.3 Å². The summed E-state index contributed by atoms with van der Waals surface area (Å²) in [5, 5.41) is 11.1. The van der Waals surface area contributed by atoms with Crippen molar-refractivity contribution in [3.05, 3.63) is 70.0 Å². The Hall–Kier alpha value is -3.40. The molecular formula is C25H25N5O. The molecule has 1 fully saturated rings. The first kappa shape index (κ1) is 19.6. The molecule has 0 unspecified atom stereocenters. The highest BCUT2D eigenvalue weighted by Crippen LogP contribution is 2.26. The number of likely N-dealkylation sites (tertiary alicyclic amines) is 1. The summed E-state index contributed by atoms with van der Waals surface area (Å²) in [7, 11) is 0. The first-order chi connectivity index (χ1) is 15.1. The second-order valence-corrected chi connectivity index (χ2v) is 8.49. The van der Waals surface area contributed by atoms with Gasteiger partial charge in [-0.25, -0.2) is 0 Å². The molecular weight excluding hydrogens is 386 g/mol. The minimum absolute atomic E-state index is 0.169. The summed E-state index contributed by atoms with van der Waals surface area (Å²) in [5.41, 5.74) is 10.5. The van der Waals surface area contributed by atoms with E-state index in [1.54, 1.807) is 12.1 Å². The largest absolute Gasteiger partial charge is 0.354 e. The van der Waals surface area contributed by atoms with E-state index < -0.39 is 0 Å². The number of nitrogens with zero attached hydrogens (tertiary/aromatic N) is 2. The van der Waals surface area contributed by atoms with Gasteiger partial charge in [-0.2, -0.15) is 5.26 Å². The Morgan fingerprint density at radius 3 is 2.61 bits per heavy atom. The number of piperidine rings is 1. The molecule has 0 saturated carbocycles. The molecule has 0 bridgehead atoms. The van der Waals surface area contributed by atoms with Crippen molar-refractivity contribution in [3.63, 3.8) is 0 Å². The number of nitrogens with one attached hydrogen (secondary N) is 2. The quantitative estimate of drug-likeness (QED) is 0.476. The van der Waals surface area contributed by atoms with Crippen LogP contribution in [0.2, 0.25) is 0 Å². The molecule has 6 heteroatoms. The lowest BCUT2D eigenvalue weighted by atomic mass is 9.97. The summed E-state index contributed by atoms with van der Waals surface area (Å²) < 4.78 is 0. The number of fused-ring (bicyclic) bond motifs is 2. The Morgan fingerprint density at radius 2 is 1.84 bits per heavy atom. The highest BCUT2D eigenvalue weighted by molar-refractivity contribution is 5.89. The number of hydrogen-bond acceptors (Lipinski definition) is 4. The molecule has 2 aromatic heterocycles. The van der Waals surface area contributed by atoms with Crippen LogP contribution < -0.4 is 11.3 Å². The zero-order valence-corrected chi connectivity index (χ0v) is 17.3. The molecule has 1 saturated heterocycles. The number of nitriles is 1. The number of aromatic nitrogens is 2. The predicted octanol–water partition coefficient (Wildman–Crippen LogP) is 3.72. The third-order valence-electron chi connectivity index (χ3n) is 6.40. The lowest BCUT2D eigenvalue weighted by Gasteiger charge is -2.31. The molecule has 0 amide bonds. The van der Waals surface area contributed by atoms with Crippen LogP contribution in [0.15, 0.2) is 53.3 Å². The molecule has 2 aromatic carbocycles. The highest BCUT2D eigenvalue weighted by Gasteiger charge is 2.18. The maximum atomic E-state index is 12.7. The highest BCUT2D eigenvalue weighted by atomic mass is 16.1. The maximum Gasteiger partial charge on any atom is 0.257 e. The molecule has 5 rings (SSSR count). The number of aromatic amines is 2. The molecule has 156 valence electrons. The zero-order valence-electron chi connectivity index (χ0n) is 17.3. The first-order valence-electron chi connectivity index (χ1n) is 10.7. The Morgan fingerprint density at radius 1 is 1.00 bits per heavy atom. The smallest absolute Gasteiger partial charge is 0.257 e. The molecule has 4 aromatic rings. The van der Waals surface area contributed by atoms with Gasteiger partial charge >= 0.3 is 0 Å². The average molecular weight is 412 g/mol. The minimum atomic E-state index is -0.169. The van der Waals surface area contributed by atoms with Gasteiger partial charge in [0.1, 0.15) is 0 Å². The molecule has 4 N–H and O–H groups in total. The Kier molecular flexibility index (Phi) is 5.06. The van der Waals surface area contributed by atoms with Crippen molar-refractivity contribution in [1.29, 1.82) is 5.26 Å². The number of pyridine rings is 1. The molecule has 6 nitrogen and oxygen atoms in total. The van der Waals surface area contributed by atoms with E-state index in [0.29, 0.717) is 22.6 Å². The second kappa shape index (κ2) is 8.03. The summed E-state index contributed by atoms with van der Waals surface area (Å²) in [6.07, 6.45) is 2.35. The van der Waals surface area contributed by atoms with Gasteiger partial charge in [-0.3, -0.25) is 9.69 Å². The van der Waals surface area contributed by atoms with Crippen LogP contribution >= 0.6 is 0 Å². The Balaban J connectivity index is 1.43. The van der Waals surface area contributed by atoms with Crippen LogP contribution in [-0.4, -0.2) is 34.5 Å². The van der Waals surface area contributed by atoms with Crippen LogP contribution in [0, 0.1) is 17.2 Å². The summed E-state index contributed by atoms with van der Waals surface area (Å²) in [5.74, 6) is 0.664. The number of nitrogens with two attached hydrogens (primary N) is 1. The van der Waals surface area contributed by atoms with E-state index in [2.05, 4.69) is 39.1 Å². The molecule has 0 spiro atoms. The van der Waals surface area contributed by atoms with Crippen molar-refractivity contribution in [2.45, 2.75) is 19.4 Å². The fourth-order valence-corrected chi connectivity index (χ4v) is 4.53. The van der Waals surface area contributed by atoms with Crippen LogP contribution in [0.5, 0.6) is 0 Å². The SMILES string of the molecule is N#Cc1ccc2cc(-c3cc4cc(CN5CCC(CN)CC5)ccc4[nH]3)c(=O)[nH]c2c1. The van der Waals surface area contributed by atoms with E-state index in [0.717, 1.165) is 48.2 Å². The third-order valence-corrected chi connectivity index (χ3v) is 6.40. The van der Waals surface area contributed by atoms with Gasteiger partial charge in [0.2, 0.25) is 0 Å². The number of hydrogen-bond donors (Lipinski definition) is 3. The van der Waals surface area contributed by atoms with Crippen molar-refractivity contribution in [2.24, 2.45) is 11.7 Å². The number of rotatable bonds is 4. The van der Waals surface area contributed by atoms with Gasteiger partial charge in [0, 0.05) is 23.0 Å². The van der Waals surface area contributed by atoms with Crippen LogP contribution in [0.25, 0.3) is 33.1 Å². The van der Waals surface area contributed by atoms with E-state index in [9.17, 15) is 4.79 Å². The average Bonchev–Trinajstić information content (AvgIpc) is 3.22. The topological polar surface area (TPSA) is 102 Å². The number of H-pyrrole nitrogens is 2. The van der Waals surface area contributed by atoms with Crippen molar-refractivity contribution in [2.75, 3.05) is 19.6 Å². The molecule has 0 radical (unpaired) electrons. The fraction of sp³-hybridized carbons (Fsp3) is 0.280. The van der Waals surface area contributed by atoms with Gasteiger partial charge in [0.25, 0.3) is 5.56 Å². The lowest BCUT2D eigenvalue weighted by molar-refractivity contribution is 0.180. The van der Waals surface area contributed by atoms with Gasteiger partial charge < -0.3 is 15.7 Å². The summed E-state index contributed by atoms with van der Waals surface area (Å²) >= 11 is 0. The van der Waals surface area contributed by atoms with E-state index in [-0.39, 0.29) is 5.56 Å². The normalized spacial score (nSPS) is 15.5. The molecule has 0 atom stereocenters. The van der Waals surface area contributed by atoms with E-state index in [1.807, 2.05) is 18.2 Å². The van der Waals surface area contributed by atoms with Gasteiger partial charge in [-0.05, 0) is 85.7 Å². The van der Waals surface area contributed by atoms with Crippen LogP contribution in [0.4, 0.5) is 0 Å². The Bertz CT molecular complexity index is 1350. The van der Waals surface area contributed by atoms with E-state index >= 15 is 0 Å². The fourth-order valence-electron chi connectivity index (χ4n) is 4.53. The molecule has 1 aliphatic heterocycles. The number of benzene rings is 2. The lowest BCUT2D eigenvalue weighted by Crippen LogP contribution is -2.35. The third kappa shape index (κ3) is 3.86. The molecule has 31 heavy (non-hydrogen) atoms. The monoisotopic (exact) mass is 411 g/mol. The van der Waals surface area contributed by atoms with Crippen molar-refractivity contribution < 1.29 is 0 Å². The molecule has 1 aliphatic rings. The van der Waals surface area contributed by atoms with Crippen molar-refractivity contribution in [1.82, 2.24) is 14.9 Å². The molecule has 3 heterocycles. The van der Waals surface area contributed by atoms with Gasteiger partial charge in [0.05, 0.1) is 22.9 Å². The summed E-state index contributed by atoms with van der Waals surface area (Å²) in [6.45, 7) is 3.92. The van der Waals surface area contributed by atoms with Crippen molar-refractivity contribution >= 4 is 21.8 Å². The van der Waals surface area contributed by atoms with Crippen LogP contribution in [-0.2, 0) is 6.54 Å². The summed E-state index contributed by atoms with van der Waals surface area (Å²) in [4.78, 5) is 21.5. The maximum absolute atomic E-state index is 12.7. The first-order valence-corrected chi connectivity index (χ1v) is 10.7. The van der Waals surface area contributed by atoms with E-state index in [1.165, 1.54) is 18.4 Å². The van der Waals surface area contributed by atoms with Gasteiger partial charge in [-0.15, -0.1) is 0 Å². The van der Waals surface area contributed by atoms with Crippen LogP contribution in [0.3, 0.4) is 0 Å². The van der Waals surface area contributed by atoms with E-state index in [4.69, 9.17) is 11.0 Å². The predicted molar refractivity (Wildman–Crippen MR) is 124 cm³/mol. The van der Waals surface area contributed by atoms with Gasteiger partial charge in [0.15, 0.2) is 0 Å².